The number of nitrogens with zero attached hydrogens (tertiary/aromatic N) is 1. The van der Waals surface area contributed by atoms with Gasteiger partial charge >= 0.3 is 5.97 Å². The zero-order chi connectivity index (χ0) is 32.2. The van der Waals surface area contributed by atoms with Gasteiger partial charge in [0.2, 0.25) is 0 Å². The van der Waals surface area contributed by atoms with Gasteiger partial charge < -0.3 is 14.2 Å². The van der Waals surface area contributed by atoms with E-state index in [0.29, 0.717) is 24.3 Å². The second kappa shape index (κ2) is 19.5. The molecule has 0 aromatic heterocycles. The summed E-state index contributed by atoms with van der Waals surface area (Å²) < 4.78 is 17.2. The Morgan fingerprint density at radius 3 is 1.46 bits per heavy atom. The van der Waals surface area contributed by atoms with Gasteiger partial charge in [0.15, 0.2) is 0 Å². The fraction of sp³-hybridized carbons (Fsp3) is 0.317. The largest absolute Gasteiger partial charge is 0.494 e. The maximum Gasteiger partial charge on any atom is 0.338 e. The number of allylic oxidation sites excluding steroid dienone is 1. The fourth-order valence-corrected chi connectivity index (χ4v) is 5.14. The molecule has 4 aromatic carbocycles. The van der Waals surface area contributed by atoms with Crippen LogP contribution in [0.15, 0.2) is 110 Å². The first kappa shape index (κ1) is 34.1. The lowest BCUT2D eigenvalue weighted by Crippen LogP contribution is -2.06. The molecule has 0 saturated heterocycles. The average Bonchev–Trinajstić information content (AvgIpc) is 3.11. The molecule has 4 rings (SSSR count). The Hall–Kier alpha value is -4.82. The van der Waals surface area contributed by atoms with Crippen molar-refractivity contribution in [2.24, 2.45) is 0 Å². The number of nitriles is 1. The number of unbranched alkanes of at least 4 members (excludes halogenated alkanes) is 8. The van der Waals surface area contributed by atoms with Crippen molar-refractivity contribution in [2.75, 3.05) is 19.8 Å². The zero-order valence-corrected chi connectivity index (χ0v) is 26.8. The molecule has 0 radical (unpaired) electrons. The Morgan fingerprint density at radius 2 is 0.978 bits per heavy atom. The van der Waals surface area contributed by atoms with Gasteiger partial charge in [-0.05, 0) is 96.5 Å². The molecule has 0 unspecified atom stereocenters. The first-order valence-electron chi connectivity index (χ1n) is 16.5. The van der Waals surface area contributed by atoms with Gasteiger partial charge in [-0.3, -0.25) is 0 Å². The van der Waals surface area contributed by atoms with Gasteiger partial charge in [0.1, 0.15) is 11.5 Å². The van der Waals surface area contributed by atoms with E-state index in [1.165, 1.54) is 19.3 Å². The molecule has 0 fully saturated rings. The highest BCUT2D eigenvalue weighted by atomic mass is 16.5. The molecule has 0 aliphatic carbocycles. The molecule has 0 heterocycles. The van der Waals surface area contributed by atoms with Crippen LogP contribution in [-0.2, 0) is 4.74 Å². The SMILES string of the molecule is C=CCCCOc1ccc(-c2ccc(C(=O)OCCCCCCCCCCOc3ccc(-c4ccc(C#N)cc4)cc3)cc2)cc1. The molecule has 238 valence electrons. The van der Waals surface area contributed by atoms with E-state index < -0.39 is 0 Å². The van der Waals surface area contributed by atoms with Crippen molar-refractivity contribution >= 4 is 5.97 Å². The summed E-state index contributed by atoms with van der Waals surface area (Å²) in [4.78, 5) is 12.5. The van der Waals surface area contributed by atoms with Gasteiger partial charge in [0.25, 0.3) is 0 Å². The molecule has 5 nitrogen and oxygen atoms in total. The number of esters is 1. The van der Waals surface area contributed by atoms with E-state index in [0.717, 1.165) is 85.3 Å². The first-order chi connectivity index (χ1) is 22.7. The summed E-state index contributed by atoms with van der Waals surface area (Å²) in [5.41, 5.74) is 5.58. The molecule has 5 heteroatoms. The van der Waals surface area contributed by atoms with E-state index in [1.807, 2.05) is 91.0 Å². The van der Waals surface area contributed by atoms with Gasteiger partial charge in [-0.25, -0.2) is 4.79 Å². The Kier molecular flexibility index (Phi) is 14.5. The first-order valence-corrected chi connectivity index (χ1v) is 16.5. The molecule has 0 amide bonds. The van der Waals surface area contributed by atoms with Crippen molar-refractivity contribution in [1.82, 2.24) is 0 Å². The van der Waals surface area contributed by atoms with E-state index in [2.05, 4.69) is 24.8 Å². The van der Waals surface area contributed by atoms with E-state index in [4.69, 9.17) is 19.5 Å². The maximum absolute atomic E-state index is 12.5. The summed E-state index contributed by atoms with van der Waals surface area (Å²) in [6.07, 6.45) is 12.8. The number of rotatable bonds is 20. The average molecular weight is 616 g/mol. The van der Waals surface area contributed by atoms with E-state index in [1.54, 1.807) is 0 Å². The van der Waals surface area contributed by atoms with Crippen LogP contribution in [0.2, 0.25) is 0 Å². The minimum Gasteiger partial charge on any atom is -0.494 e. The second-order valence-electron chi connectivity index (χ2n) is 11.4. The van der Waals surface area contributed by atoms with Crippen LogP contribution in [0, 0.1) is 11.3 Å². The minimum atomic E-state index is -0.265. The quantitative estimate of drug-likeness (QED) is 0.0562. The number of ether oxygens (including phenoxy) is 3. The summed E-state index contributed by atoms with van der Waals surface area (Å²) >= 11 is 0. The van der Waals surface area contributed by atoms with Crippen LogP contribution in [0.4, 0.5) is 0 Å². The highest BCUT2D eigenvalue weighted by molar-refractivity contribution is 5.90. The zero-order valence-electron chi connectivity index (χ0n) is 26.8. The normalized spacial score (nSPS) is 10.6. The molecule has 0 aliphatic rings. The fourth-order valence-electron chi connectivity index (χ4n) is 5.14. The molecular weight excluding hydrogens is 570 g/mol. The Labute approximate surface area is 274 Å². The van der Waals surface area contributed by atoms with Crippen molar-refractivity contribution in [2.45, 2.75) is 64.2 Å². The van der Waals surface area contributed by atoms with Gasteiger partial charge in [-0.2, -0.15) is 5.26 Å². The highest BCUT2D eigenvalue weighted by Crippen LogP contribution is 2.24. The Morgan fingerprint density at radius 1 is 0.565 bits per heavy atom. The number of carbonyl (C=O) groups excluding carboxylic acids is 1. The molecule has 4 aromatic rings. The second-order valence-corrected chi connectivity index (χ2v) is 11.4. The van der Waals surface area contributed by atoms with Crippen LogP contribution in [0.5, 0.6) is 11.5 Å². The molecule has 0 atom stereocenters. The van der Waals surface area contributed by atoms with Crippen LogP contribution in [0.25, 0.3) is 22.3 Å². The summed E-state index contributed by atoms with van der Waals surface area (Å²) in [6, 6.07) is 33.5. The molecule has 0 bridgehead atoms. The lowest BCUT2D eigenvalue weighted by atomic mass is 10.0. The number of benzene rings is 4. The summed E-state index contributed by atoms with van der Waals surface area (Å²) in [5, 5.41) is 8.95. The van der Waals surface area contributed by atoms with Crippen molar-refractivity contribution < 1.29 is 19.0 Å². The third-order valence-electron chi connectivity index (χ3n) is 7.87. The lowest BCUT2D eigenvalue weighted by Gasteiger charge is -2.08. The smallest absolute Gasteiger partial charge is 0.338 e. The molecule has 0 spiro atoms. The van der Waals surface area contributed by atoms with Gasteiger partial charge in [0, 0.05) is 0 Å². The van der Waals surface area contributed by atoms with E-state index in [-0.39, 0.29) is 5.97 Å². The molecular formula is C41H45NO4. The van der Waals surface area contributed by atoms with Crippen molar-refractivity contribution in [3.63, 3.8) is 0 Å². The van der Waals surface area contributed by atoms with Crippen LogP contribution in [-0.4, -0.2) is 25.8 Å². The Balaban J connectivity index is 0.995. The van der Waals surface area contributed by atoms with Crippen LogP contribution >= 0.6 is 0 Å². The van der Waals surface area contributed by atoms with E-state index in [9.17, 15) is 4.79 Å². The summed E-state index contributed by atoms with van der Waals surface area (Å²) in [5.74, 6) is 1.48. The summed E-state index contributed by atoms with van der Waals surface area (Å²) in [6.45, 7) is 5.60. The topological polar surface area (TPSA) is 68.6 Å². The van der Waals surface area contributed by atoms with Crippen molar-refractivity contribution in [1.29, 1.82) is 5.26 Å². The van der Waals surface area contributed by atoms with Crippen LogP contribution < -0.4 is 9.47 Å². The minimum absolute atomic E-state index is 0.265. The predicted octanol–water partition coefficient (Wildman–Crippen LogP) is 10.6. The van der Waals surface area contributed by atoms with Crippen molar-refractivity contribution in [3.8, 4) is 39.8 Å². The molecule has 0 saturated carbocycles. The lowest BCUT2D eigenvalue weighted by molar-refractivity contribution is 0.0497. The molecule has 46 heavy (non-hydrogen) atoms. The summed E-state index contributed by atoms with van der Waals surface area (Å²) in [7, 11) is 0. The number of carbonyl (C=O) groups is 1. The van der Waals surface area contributed by atoms with Gasteiger partial charge in [-0.1, -0.05) is 93.1 Å². The molecule has 0 aliphatic heterocycles. The standard InChI is InChI=1S/C41H45NO4/c1-2-3-10-29-44-39-27-23-37(24-28-39)35-17-19-38(20-18-35)41(43)46-31-12-9-7-5-4-6-8-11-30-45-40-25-21-36(22-26-40)34-15-13-33(32-42)14-16-34/h2,13-28H,1,3-12,29-31H2. The number of hydrogen-bond donors (Lipinski definition) is 0. The Bertz CT molecular complexity index is 1500. The third-order valence-corrected chi connectivity index (χ3v) is 7.87. The van der Waals surface area contributed by atoms with Gasteiger partial charge in [0.05, 0.1) is 37.0 Å². The predicted molar refractivity (Wildman–Crippen MR) is 186 cm³/mol. The van der Waals surface area contributed by atoms with Crippen LogP contribution in [0.3, 0.4) is 0 Å². The van der Waals surface area contributed by atoms with Gasteiger partial charge in [-0.15, -0.1) is 6.58 Å². The maximum atomic E-state index is 12.5. The monoisotopic (exact) mass is 615 g/mol. The number of hydrogen-bond acceptors (Lipinski definition) is 5. The highest BCUT2D eigenvalue weighted by Gasteiger charge is 2.08. The third kappa shape index (κ3) is 11.6. The molecule has 0 N–H and O–H groups in total. The van der Waals surface area contributed by atoms with Crippen LogP contribution in [0.1, 0.15) is 80.1 Å². The van der Waals surface area contributed by atoms with Crippen molar-refractivity contribution in [3.05, 3.63) is 121 Å². The van der Waals surface area contributed by atoms with E-state index >= 15 is 0 Å².